The molecule has 2 fully saturated rings. The van der Waals surface area contributed by atoms with Crippen LogP contribution in [0.15, 0.2) is 34.9 Å². The fourth-order valence-corrected chi connectivity index (χ4v) is 7.22. The molecule has 4 rings (SSSR count). The van der Waals surface area contributed by atoms with Crippen molar-refractivity contribution in [3.8, 4) is 0 Å². The highest BCUT2D eigenvalue weighted by Crippen LogP contribution is 2.72. The Balaban J connectivity index is 1.90. The Morgan fingerprint density at radius 1 is 1.32 bits per heavy atom. The van der Waals surface area contributed by atoms with Crippen molar-refractivity contribution in [2.45, 2.75) is 71.9 Å². The standard InChI is InChI=1S/C25H36O6/c1-7-12(2)22(29)31-21-13(3)10-24-14(4)8-17-18(23(17,5)6)16(20(24)28)9-15(11-26)19(27)25(21,24)30/h7,9-10,14,16-21,26-28,30H,8,11H2,1-6H3/b12-7-/t14-,16+,17-,18+,19-,20?,21+,24?,25+/m1/s1. The van der Waals surface area contributed by atoms with E-state index in [0.29, 0.717) is 17.1 Å². The minimum Gasteiger partial charge on any atom is -0.451 e. The first-order chi connectivity index (χ1) is 14.4. The van der Waals surface area contributed by atoms with Crippen molar-refractivity contribution in [2.75, 3.05) is 6.61 Å². The van der Waals surface area contributed by atoms with E-state index in [9.17, 15) is 25.2 Å². The average molecular weight is 433 g/mol. The highest BCUT2D eigenvalue weighted by atomic mass is 16.6. The summed E-state index contributed by atoms with van der Waals surface area (Å²) in [6, 6.07) is 0. The lowest BCUT2D eigenvalue weighted by Gasteiger charge is -2.52. The van der Waals surface area contributed by atoms with Gasteiger partial charge in [0.05, 0.1) is 18.1 Å². The topological polar surface area (TPSA) is 107 Å². The highest BCUT2D eigenvalue weighted by Gasteiger charge is 2.76. The Bertz CT molecular complexity index is 884. The van der Waals surface area contributed by atoms with Gasteiger partial charge in [0.2, 0.25) is 0 Å². The molecule has 1 spiro atoms. The van der Waals surface area contributed by atoms with Crippen LogP contribution in [0.5, 0.6) is 0 Å². The van der Waals surface area contributed by atoms with E-state index in [1.807, 2.05) is 13.0 Å². The van der Waals surface area contributed by atoms with E-state index in [4.69, 9.17) is 4.74 Å². The fraction of sp³-hybridized carbons (Fsp3) is 0.720. The Morgan fingerprint density at radius 3 is 2.55 bits per heavy atom. The summed E-state index contributed by atoms with van der Waals surface area (Å²) < 4.78 is 5.76. The second kappa shape index (κ2) is 7.01. The van der Waals surface area contributed by atoms with Gasteiger partial charge in [0.15, 0.2) is 6.10 Å². The largest absolute Gasteiger partial charge is 0.451 e. The number of rotatable bonds is 3. The summed E-state index contributed by atoms with van der Waals surface area (Å²) in [5.74, 6) is -0.493. The number of hydrogen-bond donors (Lipinski definition) is 4. The second-order valence-corrected chi connectivity index (χ2v) is 10.8. The zero-order valence-corrected chi connectivity index (χ0v) is 19.3. The summed E-state index contributed by atoms with van der Waals surface area (Å²) in [6.07, 6.45) is 2.46. The van der Waals surface area contributed by atoms with Gasteiger partial charge in [-0.15, -0.1) is 0 Å². The smallest absolute Gasteiger partial charge is 0.334 e. The Kier molecular flexibility index (Phi) is 5.14. The van der Waals surface area contributed by atoms with Crippen molar-refractivity contribution in [3.63, 3.8) is 0 Å². The van der Waals surface area contributed by atoms with Gasteiger partial charge in [-0.05, 0) is 61.5 Å². The second-order valence-electron chi connectivity index (χ2n) is 10.8. The summed E-state index contributed by atoms with van der Waals surface area (Å²) >= 11 is 0. The molecule has 172 valence electrons. The third kappa shape index (κ3) is 2.68. The summed E-state index contributed by atoms with van der Waals surface area (Å²) in [7, 11) is 0. The van der Waals surface area contributed by atoms with Gasteiger partial charge in [0, 0.05) is 11.5 Å². The van der Waals surface area contributed by atoms with Crippen LogP contribution < -0.4 is 0 Å². The quantitative estimate of drug-likeness (QED) is 0.309. The lowest BCUT2D eigenvalue weighted by atomic mass is 9.58. The molecule has 0 saturated heterocycles. The molecular formula is C25H36O6. The average Bonchev–Trinajstić information content (AvgIpc) is 3.21. The Hall–Kier alpha value is -1.47. The van der Waals surface area contributed by atoms with Crippen LogP contribution in [0.2, 0.25) is 0 Å². The predicted octanol–water partition coefficient (Wildman–Crippen LogP) is 2.12. The van der Waals surface area contributed by atoms with Crippen LogP contribution in [0, 0.1) is 34.5 Å². The van der Waals surface area contributed by atoms with E-state index in [0.717, 1.165) is 6.42 Å². The van der Waals surface area contributed by atoms with E-state index in [1.165, 1.54) is 0 Å². The van der Waals surface area contributed by atoms with Gasteiger partial charge in [-0.25, -0.2) is 4.79 Å². The zero-order chi connectivity index (χ0) is 23.1. The highest BCUT2D eigenvalue weighted by molar-refractivity contribution is 5.88. The van der Waals surface area contributed by atoms with Gasteiger partial charge < -0.3 is 25.2 Å². The molecule has 2 saturated carbocycles. The first kappa shape index (κ1) is 22.7. The van der Waals surface area contributed by atoms with Crippen LogP contribution >= 0.6 is 0 Å². The minimum absolute atomic E-state index is 0.0399. The van der Waals surface area contributed by atoms with Crippen molar-refractivity contribution >= 4 is 5.97 Å². The van der Waals surface area contributed by atoms with Gasteiger partial charge in [0.25, 0.3) is 0 Å². The molecule has 0 amide bonds. The number of fused-ring (bicyclic) bond motifs is 3. The van der Waals surface area contributed by atoms with E-state index < -0.39 is 41.9 Å². The van der Waals surface area contributed by atoms with Gasteiger partial charge >= 0.3 is 5.97 Å². The molecule has 2 unspecified atom stereocenters. The molecule has 0 aliphatic heterocycles. The third-order valence-electron chi connectivity index (χ3n) is 9.14. The van der Waals surface area contributed by atoms with Crippen LogP contribution in [0.4, 0.5) is 0 Å². The number of carbonyl (C=O) groups is 1. The maximum Gasteiger partial charge on any atom is 0.334 e. The molecule has 0 heterocycles. The molecule has 31 heavy (non-hydrogen) atoms. The Morgan fingerprint density at radius 2 is 1.97 bits per heavy atom. The van der Waals surface area contributed by atoms with Crippen LogP contribution in [-0.2, 0) is 9.53 Å². The number of aliphatic hydroxyl groups excluding tert-OH is 3. The van der Waals surface area contributed by atoms with Crippen molar-refractivity contribution < 1.29 is 30.0 Å². The first-order valence-electron chi connectivity index (χ1n) is 11.3. The van der Waals surface area contributed by atoms with E-state index in [2.05, 4.69) is 13.8 Å². The molecule has 9 atom stereocenters. The van der Waals surface area contributed by atoms with Crippen molar-refractivity contribution in [2.24, 2.45) is 34.5 Å². The van der Waals surface area contributed by atoms with Crippen LogP contribution in [0.1, 0.15) is 48.0 Å². The predicted molar refractivity (Wildman–Crippen MR) is 116 cm³/mol. The van der Waals surface area contributed by atoms with Crippen molar-refractivity contribution in [1.82, 2.24) is 0 Å². The number of allylic oxidation sites excluding steroid dienone is 1. The zero-order valence-electron chi connectivity index (χ0n) is 19.3. The molecule has 0 aromatic carbocycles. The SMILES string of the molecule is C/C=C(/C)C(=O)O[C@H]1C(C)=CC23C(O)[C@@H](C=C(CO)[C@@H](O)[C@]12O)[C@H]1[C@@H](C[C@H]3C)C1(C)C. The van der Waals surface area contributed by atoms with Crippen LogP contribution in [0.25, 0.3) is 0 Å². The van der Waals surface area contributed by atoms with Crippen molar-refractivity contribution in [1.29, 1.82) is 0 Å². The van der Waals surface area contributed by atoms with E-state index in [1.54, 1.807) is 32.9 Å². The molecule has 2 bridgehead atoms. The van der Waals surface area contributed by atoms with E-state index >= 15 is 0 Å². The van der Waals surface area contributed by atoms with Crippen LogP contribution in [0.3, 0.4) is 0 Å². The number of aliphatic hydroxyl groups is 4. The molecule has 0 radical (unpaired) electrons. The van der Waals surface area contributed by atoms with Crippen LogP contribution in [-0.4, -0.2) is 56.9 Å². The Labute approximate surface area is 184 Å². The number of ether oxygens (including phenoxy) is 1. The third-order valence-corrected chi connectivity index (χ3v) is 9.14. The summed E-state index contributed by atoms with van der Waals surface area (Å²) in [5.41, 5.74) is -1.86. The number of hydrogen-bond acceptors (Lipinski definition) is 6. The maximum atomic E-state index is 12.6. The molecule has 6 nitrogen and oxygen atoms in total. The number of carbonyl (C=O) groups excluding carboxylic acids is 1. The molecule has 0 aromatic rings. The first-order valence-corrected chi connectivity index (χ1v) is 11.3. The molecular weight excluding hydrogens is 396 g/mol. The summed E-state index contributed by atoms with van der Waals surface area (Å²) in [4.78, 5) is 12.6. The molecule has 6 heteroatoms. The molecule has 4 aliphatic carbocycles. The normalized spacial score (nSPS) is 47.9. The summed E-state index contributed by atoms with van der Waals surface area (Å²) in [5, 5.41) is 45.7. The van der Waals surface area contributed by atoms with Gasteiger partial charge in [-0.3, -0.25) is 0 Å². The molecule has 4 aliphatic rings. The summed E-state index contributed by atoms with van der Waals surface area (Å²) in [6.45, 7) is 11.1. The van der Waals surface area contributed by atoms with Crippen molar-refractivity contribution in [3.05, 3.63) is 34.9 Å². The fourth-order valence-electron chi connectivity index (χ4n) is 7.22. The van der Waals surface area contributed by atoms with E-state index in [-0.39, 0.29) is 28.7 Å². The molecule has 4 N–H and O–H groups in total. The monoisotopic (exact) mass is 432 g/mol. The lowest BCUT2D eigenvalue weighted by molar-refractivity contribution is -0.223. The lowest BCUT2D eigenvalue weighted by Crippen LogP contribution is -2.66. The minimum atomic E-state index is -1.98. The van der Waals surface area contributed by atoms with Gasteiger partial charge in [0.1, 0.15) is 11.7 Å². The maximum absolute atomic E-state index is 12.6. The number of esters is 1. The van der Waals surface area contributed by atoms with Gasteiger partial charge in [-0.1, -0.05) is 39.0 Å². The molecule has 0 aromatic heterocycles. The van der Waals surface area contributed by atoms with Gasteiger partial charge in [-0.2, -0.15) is 0 Å².